The van der Waals surface area contributed by atoms with E-state index in [2.05, 4.69) is 9.97 Å². The molecule has 5 heteroatoms. The van der Waals surface area contributed by atoms with E-state index >= 15 is 0 Å². The molecule has 0 aliphatic rings. The number of rotatable bonds is 1. The van der Waals surface area contributed by atoms with Crippen LogP contribution in [0.4, 0.5) is 10.2 Å². The Balaban J connectivity index is 2.22. The van der Waals surface area contributed by atoms with Gasteiger partial charge in [0, 0.05) is 0 Å². The third-order valence-electron chi connectivity index (χ3n) is 2.38. The van der Waals surface area contributed by atoms with Gasteiger partial charge in [-0.3, -0.25) is 0 Å². The number of fused-ring (bicyclic) bond motifs is 1. The fourth-order valence-corrected chi connectivity index (χ4v) is 1.58. The van der Waals surface area contributed by atoms with Gasteiger partial charge in [0.15, 0.2) is 0 Å². The molecule has 0 radical (unpaired) electrons. The SMILES string of the molecule is Nc1ccc2nc(-c3ccccc3F)oc2n1. The van der Waals surface area contributed by atoms with Crippen LogP contribution in [0, 0.1) is 5.82 Å². The van der Waals surface area contributed by atoms with Crippen molar-refractivity contribution in [2.75, 3.05) is 5.73 Å². The Labute approximate surface area is 95.9 Å². The van der Waals surface area contributed by atoms with E-state index in [1.807, 2.05) is 0 Å². The van der Waals surface area contributed by atoms with Crippen LogP contribution in [-0.2, 0) is 0 Å². The lowest BCUT2D eigenvalue weighted by Gasteiger charge is -1.95. The Bertz CT molecular complexity index is 693. The molecule has 2 heterocycles. The van der Waals surface area contributed by atoms with Crippen LogP contribution in [0.25, 0.3) is 22.7 Å². The second-order valence-corrected chi connectivity index (χ2v) is 3.56. The lowest BCUT2D eigenvalue weighted by molar-refractivity contribution is 0.587. The Morgan fingerprint density at radius 2 is 1.88 bits per heavy atom. The van der Waals surface area contributed by atoms with Crippen molar-refractivity contribution in [3.05, 3.63) is 42.2 Å². The summed E-state index contributed by atoms with van der Waals surface area (Å²) in [6.45, 7) is 0. The molecule has 0 fully saturated rings. The molecule has 2 aromatic heterocycles. The molecule has 0 saturated carbocycles. The molecule has 0 aliphatic heterocycles. The van der Waals surface area contributed by atoms with Gasteiger partial charge in [-0.1, -0.05) is 12.1 Å². The average Bonchev–Trinajstić information content (AvgIpc) is 2.72. The highest BCUT2D eigenvalue weighted by Gasteiger charge is 2.12. The minimum Gasteiger partial charge on any atom is -0.417 e. The van der Waals surface area contributed by atoms with Crippen LogP contribution < -0.4 is 5.73 Å². The Morgan fingerprint density at radius 1 is 1.06 bits per heavy atom. The largest absolute Gasteiger partial charge is 0.417 e. The highest BCUT2D eigenvalue weighted by molar-refractivity contribution is 5.74. The maximum Gasteiger partial charge on any atom is 0.249 e. The highest BCUT2D eigenvalue weighted by Crippen LogP contribution is 2.25. The normalized spacial score (nSPS) is 10.9. The number of nitrogens with zero attached hydrogens (tertiary/aromatic N) is 2. The first-order valence-corrected chi connectivity index (χ1v) is 5.02. The third kappa shape index (κ3) is 1.61. The first kappa shape index (κ1) is 9.77. The number of anilines is 1. The van der Waals surface area contributed by atoms with Crippen molar-refractivity contribution in [3.8, 4) is 11.5 Å². The average molecular weight is 229 g/mol. The number of nitrogen functional groups attached to an aromatic ring is 1. The lowest BCUT2D eigenvalue weighted by Crippen LogP contribution is -1.87. The molecule has 2 N–H and O–H groups in total. The molecule has 84 valence electrons. The molecule has 3 aromatic rings. The van der Waals surface area contributed by atoms with E-state index in [1.54, 1.807) is 30.3 Å². The minimum atomic E-state index is -0.382. The standard InChI is InChI=1S/C12H8FN3O/c13-8-4-2-1-3-7(8)11-15-9-5-6-10(14)16-12(9)17-11/h1-6H,(H2,14,16). The Morgan fingerprint density at radius 3 is 2.71 bits per heavy atom. The molecule has 0 saturated heterocycles. The summed E-state index contributed by atoms with van der Waals surface area (Å²) in [7, 11) is 0. The van der Waals surface area contributed by atoms with Gasteiger partial charge in [-0.25, -0.2) is 9.37 Å². The van der Waals surface area contributed by atoms with Crippen LogP contribution >= 0.6 is 0 Å². The van der Waals surface area contributed by atoms with Gasteiger partial charge in [0.25, 0.3) is 0 Å². The van der Waals surface area contributed by atoms with Crippen LogP contribution in [-0.4, -0.2) is 9.97 Å². The lowest BCUT2D eigenvalue weighted by atomic mass is 10.2. The number of halogens is 1. The summed E-state index contributed by atoms with van der Waals surface area (Å²) in [5.74, 6) is 0.164. The zero-order valence-corrected chi connectivity index (χ0v) is 8.72. The van der Waals surface area contributed by atoms with Crippen molar-refractivity contribution in [1.29, 1.82) is 0 Å². The van der Waals surface area contributed by atoms with E-state index in [4.69, 9.17) is 10.2 Å². The van der Waals surface area contributed by atoms with Crippen LogP contribution in [0.2, 0.25) is 0 Å². The van der Waals surface area contributed by atoms with Gasteiger partial charge in [0.1, 0.15) is 17.2 Å². The topological polar surface area (TPSA) is 64.9 Å². The summed E-state index contributed by atoms with van der Waals surface area (Å²) in [6.07, 6.45) is 0. The fraction of sp³-hybridized carbons (Fsp3) is 0. The molecule has 0 amide bonds. The maximum atomic E-state index is 13.5. The van der Waals surface area contributed by atoms with Crippen molar-refractivity contribution < 1.29 is 8.81 Å². The van der Waals surface area contributed by atoms with Gasteiger partial charge < -0.3 is 10.2 Å². The number of nitrogens with two attached hydrogens (primary N) is 1. The molecule has 3 rings (SSSR count). The number of aromatic nitrogens is 2. The van der Waals surface area contributed by atoms with Gasteiger partial charge in [-0.05, 0) is 24.3 Å². The summed E-state index contributed by atoms with van der Waals surface area (Å²) >= 11 is 0. The summed E-state index contributed by atoms with van der Waals surface area (Å²) in [5, 5.41) is 0. The second kappa shape index (κ2) is 3.55. The third-order valence-corrected chi connectivity index (χ3v) is 2.38. The van der Waals surface area contributed by atoms with E-state index in [9.17, 15) is 4.39 Å². The van der Waals surface area contributed by atoms with E-state index in [0.717, 1.165) is 0 Å². The van der Waals surface area contributed by atoms with Crippen molar-refractivity contribution in [2.45, 2.75) is 0 Å². The fourth-order valence-electron chi connectivity index (χ4n) is 1.58. The maximum absolute atomic E-state index is 13.5. The van der Waals surface area contributed by atoms with Gasteiger partial charge in [0.05, 0.1) is 5.56 Å². The van der Waals surface area contributed by atoms with Crippen LogP contribution in [0.15, 0.2) is 40.8 Å². The summed E-state index contributed by atoms with van der Waals surface area (Å²) in [4.78, 5) is 8.14. The van der Waals surface area contributed by atoms with Crippen LogP contribution in [0.1, 0.15) is 0 Å². The summed E-state index contributed by atoms with van der Waals surface area (Å²) in [5.41, 5.74) is 6.70. The quantitative estimate of drug-likeness (QED) is 0.696. The Kier molecular flexibility index (Phi) is 2.04. The van der Waals surface area contributed by atoms with Gasteiger partial charge in [-0.2, -0.15) is 4.98 Å². The van der Waals surface area contributed by atoms with Gasteiger partial charge in [-0.15, -0.1) is 0 Å². The summed E-state index contributed by atoms with van der Waals surface area (Å²) in [6, 6.07) is 9.59. The van der Waals surface area contributed by atoms with Gasteiger partial charge in [0.2, 0.25) is 11.6 Å². The molecular formula is C12H8FN3O. The van der Waals surface area contributed by atoms with E-state index in [-0.39, 0.29) is 11.7 Å². The molecule has 0 aliphatic carbocycles. The second-order valence-electron chi connectivity index (χ2n) is 3.56. The van der Waals surface area contributed by atoms with Gasteiger partial charge >= 0.3 is 0 Å². The molecule has 0 bridgehead atoms. The predicted molar refractivity (Wildman–Crippen MR) is 61.6 cm³/mol. The smallest absolute Gasteiger partial charge is 0.249 e. The zero-order chi connectivity index (χ0) is 11.8. The summed E-state index contributed by atoms with van der Waals surface area (Å²) < 4.78 is 18.9. The zero-order valence-electron chi connectivity index (χ0n) is 8.72. The number of benzene rings is 1. The highest BCUT2D eigenvalue weighted by atomic mass is 19.1. The first-order chi connectivity index (χ1) is 8.24. The number of hydrogen-bond donors (Lipinski definition) is 1. The molecule has 17 heavy (non-hydrogen) atoms. The molecule has 0 atom stereocenters. The number of hydrogen-bond acceptors (Lipinski definition) is 4. The van der Waals surface area contributed by atoms with Crippen molar-refractivity contribution >= 4 is 17.0 Å². The molecule has 1 aromatic carbocycles. The molecular weight excluding hydrogens is 221 g/mol. The van der Waals surface area contributed by atoms with E-state index < -0.39 is 0 Å². The monoisotopic (exact) mass is 229 g/mol. The van der Waals surface area contributed by atoms with Crippen LogP contribution in [0.5, 0.6) is 0 Å². The molecule has 4 nitrogen and oxygen atoms in total. The van der Waals surface area contributed by atoms with E-state index in [0.29, 0.717) is 22.6 Å². The minimum absolute atomic E-state index is 0.205. The van der Waals surface area contributed by atoms with Crippen molar-refractivity contribution in [3.63, 3.8) is 0 Å². The van der Waals surface area contributed by atoms with Crippen molar-refractivity contribution in [1.82, 2.24) is 9.97 Å². The van der Waals surface area contributed by atoms with Crippen LogP contribution in [0.3, 0.4) is 0 Å². The van der Waals surface area contributed by atoms with E-state index in [1.165, 1.54) is 6.07 Å². The first-order valence-electron chi connectivity index (χ1n) is 5.02. The molecule has 0 unspecified atom stereocenters. The number of oxazole rings is 1. The van der Waals surface area contributed by atoms with Crippen molar-refractivity contribution in [2.24, 2.45) is 0 Å². The molecule has 0 spiro atoms. The number of pyridine rings is 1. The Hall–Kier alpha value is -2.43. The predicted octanol–water partition coefficient (Wildman–Crippen LogP) is 2.61.